The molecule has 1 aromatic rings. The normalized spacial score (nSPS) is 20.0. The van der Waals surface area contributed by atoms with Gasteiger partial charge in [-0.2, -0.15) is 0 Å². The van der Waals surface area contributed by atoms with E-state index >= 15 is 0 Å². The van der Waals surface area contributed by atoms with Crippen molar-refractivity contribution in [1.29, 1.82) is 0 Å². The van der Waals surface area contributed by atoms with Gasteiger partial charge in [0, 0.05) is 19.5 Å². The van der Waals surface area contributed by atoms with Crippen molar-refractivity contribution < 1.29 is 18.0 Å². The third-order valence-corrected chi connectivity index (χ3v) is 6.30. The van der Waals surface area contributed by atoms with Crippen molar-refractivity contribution in [2.75, 3.05) is 18.1 Å². The summed E-state index contributed by atoms with van der Waals surface area (Å²) in [6.45, 7) is 5.70. The van der Waals surface area contributed by atoms with E-state index in [-0.39, 0.29) is 35.8 Å². The summed E-state index contributed by atoms with van der Waals surface area (Å²) in [5.74, 6) is -0.176. The van der Waals surface area contributed by atoms with E-state index in [2.05, 4.69) is 5.32 Å². The summed E-state index contributed by atoms with van der Waals surface area (Å²) in [6, 6.07) is 7.00. The van der Waals surface area contributed by atoms with E-state index in [1.54, 1.807) is 4.90 Å². The number of carbonyl (C=O) groups excluding carboxylic acids is 2. The zero-order chi connectivity index (χ0) is 18.6. The van der Waals surface area contributed by atoms with E-state index in [1.807, 2.05) is 38.1 Å². The Hall–Kier alpha value is -1.89. The summed E-state index contributed by atoms with van der Waals surface area (Å²) < 4.78 is 23.4. The van der Waals surface area contributed by atoms with Gasteiger partial charge in [0.2, 0.25) is 11.8 Å². The third kappa shape index (κ3) is 5.29. The number of hydrogen-bond acceptors (Lipinski definition) is 4. The molecule has 2 amide bonds. The molecule has 25 heavy (non-hydrogen) atoms. The lowest BCUT2D eigenvalue weighted by atomic mass is 10.0. The van der Waals surface area contributed by atoms with Gasteiger partial charge in [0.15, 0.2) is 9.84 Å². The average Bonchev–Trinajstić information content (AvgIpc) is 2.87. The largest absolute Gasteiger partial charge is 0.349 e. The Kier molecular flexibility index (Phi) is 6.21. The molecule has 1 aromatic carbocycles. The molecule has 1 saturated heterocycles. The van der Waals surface area contributed by atoms with Crippen molar-refractivity contribution >= 4 is 21.7 Å². The predicted octanol–water partition coefficient (Wildman–Crippen LogP) is 1.60. The molecule has 1 aliphatic rings. The quantitative estimate of drug-likeness (QED) is 0.829. The van der Waals surface area contributed by atoms with Crippen LogP contribution in [0.5, 0.6) is 0 Å². The lowest BCUT2D eigenvalue weighted by molar-refractivity contribution is -0.133. The Morgan fingerprint density at radius 1 is 1.28 bits per heavy atom. The van der Waals surface area contributed by atoms with Crippen LogP contribution in [-0.2, 0) is 19.4 Å². The topological polar surface area (TPSA) is 83.6 Å². The number of benzene rings is 1. The fraction of sp³-hybridized carbons (Fsp3) is 0.556. The molecule has 2 rings (SSSR count). The number of carbonyl (C=O) groups is 2. The van der Waals surface area contributed by atoms with Gasteiger partial charge in [0.25, 0.3) is 0 Å². The molecule has 0 aliphatic carbocycles. The first-order chi connectivity index (χ1) is 11.7. The standard InChI is InChI=1S/C18H26N2O4S/c1-4-20(16-9-10-25(23,24)12-16)18(22)11-17(19-14(3)21)15-7-5-13(2)6-8-15/h5-8,16-17H,4,9-12H2,1-3H3,(H,19,21). The van der Waals surface area contributed by atoms with Crippen LogP contribution in [-0.4, -0.2) is 49.2 Å². The Morgan fingerprint density at radius 2 is 1.92 bits per heavy atom. The lowest BCUT2D eigenvalue weighted by Crippen LogP contribution is -2.42. The van der Waals surface area contributed by atoms with E-state index in [0.717, 1.165) is 11.1 Å². The molecule has 0 bridgehead atoms. The fourth-order valence-electron chi connectivity index (χ4n) is 3.25. The molecule has 138 valence electrons. The minimum absolute atomic E-state index is 0.0297. The van der Waals surface area contributed by atoms with E-state index in [9.17, 15) is 18.0 Å². The molecule has 1 aliphatic heterocycles. The maximum Gasteiger partial charge on any atom is 0.225 e. The number of nitrogens with zero attached hydrogens (tertiary/aromatic N) is 1. The minimum Gasteiger partial charge on any atom is -0.349 e. The van der Waals surface area contributed by atoms with Crippen molar-refractivity contribution in [3.63, 3.8) is 0 Å². The summed E-state index contributed by atoms with van der Waals surface area (Å²) in [5.41, 5.74) is 1.97. The molecule has 7 heteroatoms. The zero-order valence-electron chi connectivity index (χ0n) is 15.0. The van der Waals surface area contributed by atoms with Crippen LogP contribution in [0, 0.1) is 6.92 Å². The van der Waals surface area contributed by atoms with Crippen LogP contribution >= 0.6 is 0 Å². The van der Waals surface area contributed by atoms with Crippen molar-refractivity contribution in [3.05, 3.63) is 35.4 Å². The number of nitrogens with one attached hydrogen (secondary N) is 1. The molecule has 1 heterocycles. The van der Waals surface area contributed by atoms with Crippen LogP contribution < -0.4 is 5.32 Å². The Labute approximate surface area is 149 Å². The molecule has 2 unspecified atom stereocenters. The molecular weight excluding hydrogens is 340 g/mol. The molecule has 1 N–H and O–H groups in total. The first-order valence-electron chi connectivity index (χ1n) is 8.55. The van der Waals surface area contributed by atoms with Gasteiger partial charge < -0.3 is 10.2 Å². The van der Waals surface area contributed by atoms with Crippen molar-refractivity contribution in [2.45, 2.75) is 45.7 Å². The summed E-state index contributed by atoms with van der Waals surface area (Å²) in [6.07, 6.45) is 0.601. The molecule has 0 spiro atoms. The second-order valence-electron chi connectivity index (χ2n) is 6.60. The monoisotopic (exact) mass is 366 g/mol. The van der Waals surface area contributed by atoms with Gasteiger partial charge in [-0.3, -0.25) is 9.59 Å². The number of aryl methyl sites for hydroxylation is 1. The van der Waals surface area contributed by atoms with Gasteiger partial charge in [0.1, 0.15) is 0 Å². The van der Waals surface area contributed by atoms with Crippen LogP contribution in [0.3, 0.4) is 0 Å². The summed E-state index contributed by atoms with van der Waals surface area (Å²) in [7, 11) is -3.05. The van der Waals surface area contributed by atoms with Crippen LogP contribution in [0.4, 0.5) is 0 Å². The smallest absolute Gasteiger partial charge is 0.225 e. The van der Waals surface area contributed by atoms with Gasteiger partial charge in [0.05, 0.1) is 24.0 Å². The number of sulfone groups is 1. The first kappa shape index (κ1) is 19.4. The van der Waals surface area contributed by atoms with E-state index < -0.39 is 15.9 Å². The fourth-order valence-corrected chi connectivity index (χ4v) is 4.98. The van der Waals surface area contributed by atoms with Crippen LogP contribution in [0.25, 0.3) is 0 Å². The molecular formula is C18H26N2O4S. The second-order valence-corrected chi connectivity index (χ2v) is 8.83. The highest BCUT2D eigenvalue weighted by molar-refractivity contribution is 7.91. The molecule has 0 saturated carbocycles. The maximum absolute atomic E-state index is 12.8. The predicted molar refractivity (Wildman–Crippen MR) is 96.8 cm³/mol. The maximum atomic E-state index is 12.8. The number of amides is 2. The molecule has 0 radical (unpaired) electrons. The van der Waals surface area contributed by atoms with Gasteiger partial charge in [-0.15, -0.1) is 0 Å². The second kappa shape index (κ2) is 7.99. The Morgan fingerprint density at radius 3 is 2.40 bits per heavy atom. The van der Waals surface area contributed by atoms with E-state index in [1.165, 1.54) is 6.92 Å². The number of hydrogen-bond donors (Lipinski definition) is 1. The van der Waals surface area contributed by atoms with Crippen LogP contribution in [0.1, 0.15) is 43.9 Å². The van der Waals surface area contributed by atoms with Crippen molar-refractivity contribution in [2.24, 2.45) is 0 Å². The summed E-state index contributed by atoms with van der Waals surface area (Å²) in [4.78, 5) is 26.0. The van der Waals surface area contributed by atoms with Gasteiger partial charge in [-0.1, -0.05) is 29.8 Å². The number of rotatable bonds is 6. The van der Waals surface area contributed by atoms with Crippen LogP contribution in [0.15, 0.2) is 24.3 Å². The van der Waals surface area contributed by atoms with E-state index in [4.69, 9.17) is 0 Å². The van der Waals surface area contributed by atoms with Gasteiger partial charge in [-0.25, -0.2) is 8.42 Å². The third-order valence-electron chi connectivity index (χ3n) is 4.55. The molecule has 2 atom stereocenters. The zero-order valence-corrected chi connectivity index (χ0v) is 15.8. The Bertz CT molecular complexity index is 728. The van der Waals surface area contributed by atoms with Crippen LogP contribution in [0.2, 0.25) is 0 Å². The molecule has 6 nitrogen and oxygen atoms in total. The highest BCUT2D eigenvalue weighted by Gasteiger charge is 2.34. The minimum atomic E-state index is -3.05. The van der Waals surface area contributed by atoms with E-state index in [0.29, 0.717) is 13.0 Å². The molecule has 0 aromatic heterocycles. The highest BCUT2D eigenvalue weighted by atomic mass is 32.2. The highest BCUT2D eigenvalue weighted by Crippen LogP contribution is 2.23. The van der Waals surface area contributed by atoms with Gasteiger partial charge >= 0.3 is 0 Å². The van der Waals surface area contributed by atoms with Crippen molar-refractivity contribution in [3.8, 4) is 0 Å². The average molecular weight is 366 g/mol. The molecule has 1 fully saturated rings. The van der Waals surface area contributed by atoms with Crippen molar-refractivity contribution in [1.82, 2.24) is 10.2 Å². The first-order valence-corrected chi connectivity index (χ1v) is 10.4. The Balaban J connectivity index is 2.14. The summed E-state index contributed by atoms with van der Waals surface area (Å²) in [5, 5.41) is 2.83. The van der Waals surface area contributed by atoms with Gasteiger partial charge in [-0.05, 0) is 25.8 Å². The summed E-state index contributed by atoms with van der Waals surface area (Å²) >= 11 is 0. The lowest BCUT2D eigenvalue weighted by Gasteiger charge is -2.29. The SMILES string of the molecule is CCN(C(=O)CC(NC(C)=O)c1ccc(C)cc1)C1CCS(=O)(=O)C1.